The molecule has 0 saturated carbocycles. The molecule has 0 aliphatic carbocycles. The standard InChI is InChI=1S/C15H16Cl2N4OS/c1-7(23-14-20-10(16)5-11(18)21-14)9-4-8-12(13(17)19-9)22-6-15(8,2)3/h4-5,7H,6H2,1-3H3,(H2,18,20,21). The monoisotopic (exact) mass is 370 g/mol. The lowest BCUT2D eigenvalue weighted by molar-refractivity contribution is 0.290. The van der Waals surface area contributed by atoms with Crippen molar-refractivity contribution >= 4 is 40.8 Å². The Morgan fingerprint density at radius 2 is 2.00 bits per heavy atom. The normalized spacial score (nSPS) is 16.7. The van der Waals surface area contributed by atoms with E-state index < -0.39 is 0 Å². The van der Waals surface area contributed by atoms with Gasteiger partial charge in [0.1, 0.15) is 11.0 Å². The van der Waals surface area contributed by atoms with E-state index >= 15 is 0 Å². The van der Waals surface area contributed by atoms with Gasteiger partial charge in [-0.3, -0.25) is 0 Å². The third-order valence-electron chi connectivity index (χ3n) is 3.65. The van der Waals surface area contributed by atoms with Crippen LogP contribution in [0.25, 0.3) is 0 Å². The fourth-order valence-corrected chi connectivity index (χ4v) is 3.75. The molecular weight excluding hydrogens is 355 g/mol. The van der Waals surface area contributed by atoms with Crippen molar-refractivity contribution < 1.29 is 4.74 Å². The van der Waals surface area contributed by atoms with Gasteiger partial charge in [0.2, 0.25) is 0 Å². The minimum Gasteiger partial charge on any atom is -0.489 e. The maximum atomic E-state index is 6.28. The van der Waals surface area contributed by atoms with Gasteiger partial charge in [-0.05, 0) is 13.0 Å². The highest BCUT2D eigenvalue weighted by molar-refractivity contribution is 7.99. The lowest BCUT2D eigenvalue weighted by atomic mass is 9.87. The Balaban J connectivity index is 1.91. The summed E-state index contributed by atoms with van der Waals surface area (Å²) in [4.78, 5) is 12.8. The number of hydrogen-bond acceptors (Lipinski definition) is 6. The van der Waals surface area contributed by atoms with Gasteiger partial charge in [0, 0.05) is 17.0 Å². The molecule has 2 aromatic rings. The van der Waals surface area contributed by atoms with Crippen LogP contribution in [-0.2, 0) is 5.41 Å². The molecule has 0 aromatic carbocycles. The molecule has 0 spiro atoms. The van der Waals surface area contributed by atoms with Crippen molar-refractivity contribution in [2.24, 2.45) is 0 Å². The van der Waals surface area contributed by atoms with Crippen LogP contribution in [0.15, 0.2) is 17.3 Å². The molecular formula is C15H16Cl2N4OS. The first-order valence-corrected chi connectivity index (χ1v) is 8.70. The first-order valence-electron chi connectivity index (χ1n) is 7.07. The molecule has 122 valence electrons. The van der Waals surface area contributed by atoms with Crippen molar-refractivity contribution in [3.63, 3.8) is 0 Å². The van der Waals surface area contributed by atoms with Gasteiger partial charge in [0.15, 0.2) is 16.1 Å². The molecule has 0 fully saturated rings. The molecule has 1 aliphatic heterocycles. The van der Waals surface area contributed by atoms with Gasteiger partial charge in [-0.25, -0.2) is 15.0 Å². The number of fused-ring (bicyclic) bond motifs is 1. The summed E-state index contributed by atoms with van der Waals surface area (Å²) >= 11 is 13.6. The molecule has 0 bridgehead atoms. The van der Waals surface area contributed by atoms with Crippen LogP contribution in [0.5, 0.6) is 5.75 Å². The van der Waals surface area contributed by atoms with E-state index in [2.05, 4.69) is 28.8 Å². The predicted octanol–water partition coefficient (Wildman–Crippen LogP) is 4.28. The molecule has 0 amide bonds. The Labute approximate surface area is 149 Å². The minimum absolute atomic E-state index is 0.00735. The summed E-state index contributed by atoms with van der Waals surface area (Å²) in [5.41, 5.74) is 7.54. The highest BCUT2D eigenvalue weighted by Gasteiger charge is 2.35. The number of nitrogen functional groups attached to an aromatic ring is 1. The summed E-state index contributed by atoms with van der Waals surface area (Å²) in [6, 6.07) is 3.56. The van der Waals surface area contributed by atoms with E-state index in [-0.39, 0.29) is 10.7 Å². The zero-order valence-corrected chi connectivity index (χ0v) is 15.3. The van der Waals surface area contributed by atoms with E-state index in [9.17, 15) is 0 Å². The number of thioether (sulfide) groups is 1. The average Bonchev–Trinajstić information content (AvgIpc) is 2.74. The van der Waals surface area contributed by atoms with Crippen LogP contribution in [0.1, 0.15) is 37.3 Å². The van der Waals surface area contributed by atoms with Crippen molar-refractivity contribution in [1.29, 1.82) is 0 Å². The van der Waals surface area contributed by atoms with Crippen LogP contribution >= 0.6 is 35.0 Å². The molecule has 1 unspecified atom stereocenters. The Bertz CT molecular complexity index is 749. The Morgan fingerprint density at radius 1 is 1.26 bits per heavy atom. The molecule has 1 atom stereocenters. The number of pyridine rings is 1. The third-order valence-corrected chi connectivity index (χ3v) is 5.09. The van der Waals surface area contributed by atoms with Gasteiger partial charge in [-0.1, -0.05) is 48.8 Å². The number of rotatable bonds is 3. The summed E-state index contributed by atoms with van der Waals surface area (Å²) in [6.07, 6.45) is 0. The molecule has 1 aliphatic rings. The molecule has 0 radical (unpaired) electrons. The Hall–Kier alpha value is -1.24. The average molecular weight is 371 g/mol. The minimum atomic E-state index is -0.0853. The second-order valence-electron chi connectivity index (χ2n) is 6.05. The number of nitrogens with two attached hydrogens (primary N) is 1. The number of anilines is 1. The van der Waals surface area contributed by atoms with Crippen molar-refractivity contribution in [3.05, 3.63) is 33.7 Å². The van der Waals surface area contributed by atoms with Gasteiger partial charge in [-0.15, -0.1) is 0 Å². The number of ether oxygens (including phenoxy) is 1. The number of hydrogen-bond donors (Lipinski definition) is 1. The van der Waals surface area contributed by atoms with E-state index in [0.717, 1.165) is 11.3 Å². The van der Waals surface area contributed by atoms with Gasteiger partial charge in [0.25, 0.3) is 0 Å². The SMILES string of the molecule is CC(Sc1nc(N)cc(Cl)n1)c1cc2c(c(Cl)n1)OCC2(C)C. The van der Waals surface area contributed by atoms with E-state index in [1.165, 1.54) is 17.8 Å². The zero-order valence-electron chi connectivity index (χ0n) is 12.9. The first-order chi connectivity index (χ1) is 10.8. The smallest absolute Gasteiger partial charge is 0.191 e. The lowest BCUT2D eigenvalue weighted by Crippen LogP contribution is -2.18. The van der Waals surface area contributed by atoms with Crippen LogP contribution < -0.4 is 10.5 Å². The fourth-order valence-electron chi connectivity index (χ4n) is 2.38. The van der Waals surface area contributed by atoms with Crippen molar-refractivity contribution in [3.8, 4) is 5.75 Å². The molecule has 0 saturated heterocycles. The lowest BCUT2D eigenvalue weighted by Gasteiger charge is -2.17. The van der Waals surface area contributed by atoms with Gasteiger partial charge in [0.05, 0.1) is 17.6 Å². The maximum Gasteiger partial charge on any atom is 0.191 e. The third kappa shape index (κ3) is 3.34. The van der Waals surface area contributed by atoms with E-state index in [1.807, 2.05) is 13.0 Å². The van der Waals surface area contributed by atoms with Crippen LogP contribution in [0, 0.1) is 0 Å². The Morgan fingerprint density at radius 3 is 2.70 bits per heavy atom. The highest BCUT2D eigenvalue weighted by atomic mass is 35.5. The second kappa shape index (κ2) is 6.00. The molecule has 8 heteroatoms. The number of aromatic nitrogens is 3. The largest absolute Gasteiger partial charge is 0.489 e. The second-order valence-corrected chi connectivity index (χ2v) is 8.10. The van der Waals surface area contributed by atoms with Gasteiger partial charge < -0.3 is 10.5 Å². The highest BCUT2D eigenvalue weighted by Crippen LogP contribution is 2.44. The quantitative estimate of drug-likeness (QED) is 0.376. The molecule has 2 aromatic heterocycles. The molecule has 5 nitrogen and oxygen atoms in total. The zero-order chi connectivity index (χ0) is 16.8. The van der Waals surface area contributed by atoms with Crippen LogP contribution in [0.3, 0.4) is 0 Å². The summed E-state index contributed by atoms with van der Waals surface area (Å²) < 4.78 is 5.67. The van der Waals surface area contributed by atoms with Gasteiger partial charge >= 0.3 is 0 Å². The molecule has 2 N–H and O–H groups in total. The van der Waals surface area contributed by atoms with Crippen molar-refractivity contribution in [2.45, 2.75) is 36.6 Å². The number of halogens is 2. The van der Waals surface area contributed by atoms with Crippen LogP contribution in [-0.4, -0.2) is 21.6 Å². The van der Waals surface area contributed by atoms with E-state index in [1.54, 1.807) is 0 Å². The summed E-state index contributed by atoms with van der Waals surface area (Å²) in [6.45, 7) is 6.86. The van der Waals surface area contributed by atoms with Crippen LogP contribution in [0.4, 0.5) is 5.82 Å². The predicted molar refractivity (Wildman–Crippen MR) is 93.5 cm³/mol. The first kappa shape index (κ1) is 16.6. The van der Waals surface area contributed by atoms with Crippen molar-refractivity contribution in [1.82, 2.24) is 15.0 Å². The Kier molecular flexibility index (Phi) is 4.33. The topological polar surface area (TPSA) is 73.9 Å². The summed E-state index contributed by atoms with van der Waals surface area (Å²) in [7, 11) is 0. The molecule has 3 heterocycles. The fraction of sp³-hybridized carbons (Fsp3) is 0.400. The number of nitrogens with zero attached hydrogens (tertiary/aromatic N) is 3. The molecule has 23 heavy (non-hydrogen) atoms. The maximum absolute atomic E-state index is 6.28. The van der Waals surface area contributed by atoms with E-state index in [0.29, 0.717) is 33.6 Å². The summed E-state index contributed by atoms with van der Waals surface area (Å²) in [5, 5.41) is 1.22. The molecule has 3 rings (SSSR count). The van der Waals surface area contributed by atoms with Gasteiger partial charge in [-0.2, -0.15) is 0 Å². The van der Waals surface area contributed by atoms with Crippen LogP contribution in [0.2, 0.25) is 10.3 Å². The van der Waals surface area contributed by atoms with E-state index in [4.69, 9.17) is 33.7 Å². The van der Waals surface area contributed by atoms with Crippen molar-refractivity contribution in [2.75, 3.05) is 12.3 Å². The summed E-state index contributed by atoms with van der Waals surface area (Å²) in [5.74, 6) is 1.02.